The van der Waals surface area contributed by atoms with E-state index in [4.69, 9.17) is 9.47 Å². The van der Waals surface area contributed by atoms with Gasteiger partial charge in [-0.05, 0) is 54.0 Å². The topological polar surface area (TPSA) is 30.5 Å². The minimum absolute atomic E-state index is 0.127. The van der Waals surface area contributed by atoms with Gasteiger partial charge in [-0.15, -0.1) is 0 Å². The van der Waals surface area contributed by atoms with Gasteiger partial charge in [-0.3, -0.25) is 0 Å². The van der Waals surface area contributed by atoms with Crippen LogP contribution in [0.15, 0.2) is 27.1 Å². The van der Waals surface area contributed by atoms with E-state index in [0.717, 1.165) is 40.7 Å². The number of hydrogen-bond acceptors (Lipinski definition) is 3. The van der Waals surface area contributed by atoms with Crippen molar-refractivity contribution in [1.82, 2.24) is 5.32 Å². The fourth-order valence-electron chi connectivity index (χ4n) is 2.38. The molecule has 3 unspecified atom stereocenters. The SMILES string of the molecule is CCCNC1CC(Oc2ccc(Br)cc2Br)C1OCC. The zero-order chi connectivity index (χ0) is 14.5. The number of ether oxygens (including phenoxy) is 2. The molecule has 1 aromatic carbocycles. The van der Waals surface area contributed by atoms with Crippen molar-refractivity contribution in [1.29, 1.82) is 0 Å². The van der Waals surface area contributed by atoms with Crippen LogP contribution in [0.5, 0.6) is 5.75 Å². The summed E-state index contributed by atoms with van der Waals surface area (Å²) in [6.45, 7) is 5.95. The number of halogens is 2. The van der Waals surface area contributed by atoms with Crippen molar-refractivity contribution in [2.24, 2.45) is 0 Å². The van der Waals surface area contributed by atoms with Crippen molar-refractivity contribution < 1.29 is 9.47 Å². The summed E-state index contributed by atoms with van der Waals surface area (Å²) >= 11 is 6.98. The molecule has 0 heterocycles. The molecular formula is C15H21Br2NO2. The molecule has 0 radical (unpaired) electrons. The average molecular weight is 407 g/mol. The zero-order valence-corrected chi connectivity index (χ0v) is 15.0. The van der Waals surface area contributed by atoms with Crippen LogP contribution in [0.25, 0.3) is 0 Å². The molecule has 1 N–H and O–H groups in total. The molecule has 0 aromatic heterocycles. The Morgan fingerprint density at radius 2 is 2.10 bits per heavy atom. The zero-order valence-electron chi connectivity index (χ0n) is 11.9. The number of hydrogen-bond donors (Lipinski definition) is 1. The van der Waals surface area contributed by atoms with Crippen molar-refractivity contribution in [2.75, 3.05) is 13.2 Å². The van der Waals surface area contributed by atoms with E-state index in [1.54, 1.807) is 0 Å². The summed E-state index contributed by atoms with van der Waals surface area (Å²) in [7, 11) is 0. The van der Waals surface area contributed by atoms with E-state index in [0.29, 0.717) is 6.04 Å². The summed E-state index contributed by atoms with van der Waals surface area (Å²) in [6, 6.07) is 6.37. The van der Waals surface area contributed by atoms with Crippen LogP contribution in [-0.4, -0.2) is 31.4 Å². The van der Waals surface area contributed by atoms with E-state index in [-0.39, 0.29) is 12.2 Å². The maximum absolute atomic E-state index is 6.08. The highest BCUT2D eigenvalue weighted by molar-refractivity contribution is 9.11. The maximum atomic E-state index is 6.08. The summed E-state index contributed by atoms with van der Waals surface area (Å²) in [5, 5.41) is 3.52. The van der Waals surface area contributed by atoms with Gasteiger partial charge in [0.25, 0.3) is 0 Å². The Balaban J connectivity index is 1.95. The maximum Gasteiger partial charge on any atom is 0.134 e. The first kappa shape index (κ1) is 16.3. The molecule has 0 aliphatic heterocycles. The van der Waals surface area contributed by atoms with Crippen LogP contribution in [0.3, 0.4) is 0 Å². The van der Waals surface area contributed by atoms with Crippen LogP contribution in [0.1, 0.15) is 26.7 Å². The molecular weight excluding hydrogens is 386 g/mol. The van der Waals surface area contributed by atoms with Gasteiger partial charge in [0.2, 0.25) is 0 Å². The van der Waals surface area contributed by atoms with Crippen molar-refractivity contribution >= 4 is 31.9 Å². The quantitative estimate of drug-likeness (QED) is 0.738. The van der Waals surface area contributed by atoms with Gasteiger partial charge in [0.1, 0.15) is 18.0 Å². The van der Waals surface area contributed by atoms with Gasteiger partial charge in [0.05, 0.1) is 4.47 Å². The minimum atomic E-state index is 0.127. The fourth-order valence-corrected chi connectivity index (χ4v) is 3.52. The molecule has 1 aliphatic rings. The van der Waals surface area contributed by atoms with Gasteiger partial charge in [0, 0.05) is 23.5 Å². The van der Waals surface area contributed by atoms with Crippen LogP contribution < -0.4 is 10.1 Å². The molecule has 1 saturated carbocycles. The predicted molar refractivity (Wildman–Crippen MR) is 88.4 cm³/mol. The van der Waals surface area contributed by atoms with Crippen molar-refractivity contribution in [3.63, 3.8) is 0 Å². The third kappa shape index (κ3) is 3.97. The molecule has 3 atom stereocenters. The van der Waals surface area contributed by atoms with Crippen LogP contribution in [-0.2, 0) is 4.74 Å². The Hall–Kier alpha value is -0.100. The fraction of sp³-hybridized carbons (Fsp3) is 0.600. The molecule has 0 amide bonds. The van der Waals surface area contributed by atoms with Crippen LogP contribution in [0, 0.1) is 0 Å². The number of rotatable bonds is 7. The summed E-state index contributed by atoms with van der Waals surface area (Å²) in [6.07, 6.45) is 2.40. The number of nitrogens with one attached hydrogen (secondary N) is 1. The van der Waals surface area contributed by atoms with Gasteiger partial charge in [-0.1, -0.05) is 22.9 Å². The first-order valence-electron chi connectivity index (χ1n) is 7.12. The monoisotopic (exact) mass is 405 g/mol. The average Bonchev–Trinajstić information content (AvgIpc) is 2.41. The predicted octanol–water partition coefficient (Wildman–Crippen LogP) is 4.14. The normalized spacial score (nSPS) is 25.3. The number of benzene rings is 1. The molecule has 5 heteroatoms. The Bertz CT molecular complexity index is 442. The van der Waals surface area contributed by atoms with E-state index in [1.165, 1.54) is 0 Å². The Morgan fingerprint density at radius 3 is 2.75 bits per heavy atom. The third-order valence-electron chi connectivity index (χ3n) is 3.44. The highest BCUT2D eigenvalue weighted by Crippen LogP contribution is 2.34. The lowest BCUT2D eigenvalue weighted by Gasteiger charge is -2.44. The van der Waals surface area contributed by atoms with Gasteiger partial charge >= 0.3 is 0 Å². The van der Waals surface area contributed by atoms with E-state index >= 15 is 0 Å². The first-order valence-corrected chi connectivity index (χ1v) is 8.71. The molecule has 0 spiro atoms. The summed E-state index contributed by atoms with van der Waals surface area (Å²) in [4.78, 5) is 0. The van der Waals surface area contributed by atoms with Gasteiger partial charge < -0.3 is 14.8 Å². The second-order valence-electron chi connectivity index (χ2n) is 4.95. The standard InChI is InChI=1S/C15H21Br2NO2/c1-3-7-18-12-9-14(15(12)19-4-2)20-13-6-5-10(16)8-11(13)17/h5-6,8,12,14-15,18H,3-4,7,9H2,1-2H3. The molecule has 2 rings (SSSR count). The molecule has 0 saturated heterocycles. The van der Waals surface area contributed by atoms with Gasteiger partial charge in [-0.2, -0.15) is 0 Å². The molecule has 20 heavy (non-hydrogen) atoms. The van der Waals surface area contributed by atoms with E-state index in [2.05, 4.69) is 44.1 Å². The summed E-state index contributed by atoms with van der Waals surface area (Å²) < 4.78 is 13.9. The van der Waals surface area contributed by atoms with E-state index in [1.807, 2.05) is 25.1 Å². The highest BCUT2D eigenvalue weighted by Gasteiger charge is 2.43. The molecule has 112 valence electrons. The van der Waals surface area contributed by atoms with E-state index < -0.39 is 0 Å². The van der Waals surface area contributed by atoms with Crippen molar-refractivity contribution in [2.45, 2.75) is 44.9 Å². The molecule has 3 nitrogen and oxygen atoms in total. The molecule has 1 aromatic rings. The lowest BCUT2D eigenvalue weighted by atomic mass is 9.85. The molecule has 0 bridgehead atoms. The van der Waals surface area contributed by atoms with Crippen LogP contribution >= 0.6 is 31.9 Å². The summed E-state index contributed by atoms with van der Waals surface area (Å²) in [5.74, 6) is 0.872. The molecule has 1 aliphatic carbocycles. The van der Waals surface area contributed by atoms with Crippen LogP contribution in [0.2, 0.25) is 0 Å². The minimum Gasteiger partial charge on any atom is -0.486 e. The summed E-state index contributed by atoms with van der Waals surface area (Å²) in [5.41, 5.74) is 0. The smallest absolute Gasteiger partial charge is 0.134 e. The Labute approximate surface area is 137 Å². The Morgan fingerprint density at radius 1 is 1.30 bits per heavy atom. The third-order valence-corrected chi connectivity index (χ3v) is 4.55. The van der Waals surface area contributed by atoms with Gasteiger partial charge in [0.15, 0.2) is 0 Å². The first-order chi connectivity index (χ1) is 9.65. The largest absolute Gasteiger partial charge is 0.486 e. The molecule has 1 fully saturated rings. The lowest BCUT2D eigenvalue weighted by molar-refractivity contribution is -0.104. The van der Waals surface area contributed by atoms with Crippen molar-refractivity contribution in [3.05, 3.63) is 27.1 Å². The second kappa shape index (κ2) is 7.78. The van der Waals surface area contributed by atoms with Crippen molar-refractivity contribution in [3.8, 4) is 5.75 Å². The lowest BCUT2D eigenvalue weighted by Crippen LogP contribution is -2.61. The Kier molecular flexibility index (Phi) is 6.33. The second-order valence-corrected chi connectivity index (χ2v) is 6.72. The van der Waals surface area contributed by atoms with Gasteiger partial charge in [-0.25, -0.2) is 0 Å². The van der Waals surface area contributed by atoms with Crippen LogP contribution in [0.4, 0.5) is 0 Å². The highest BCUT2D eigenvalue weighted by atomic mass is 79.9. The van der Waals surface area contributed by atoms with E-state index in [9.17, 15) is 0 Å².